The highest BCUT2D eigenvalue weighted by molar-refractivity contribution is 7.80. The molecule has 0 atom stereocenters. The molecule has 1 aliphatic carbocycles. The molecule has 0 aromatic heterocycles. The lowest BCUT2D eigenvalue weighted by molar-refractivity contribution is 0.209. The van der Waals surface area contributed by atoms with Crippen LogP contribution in [0.5, 0.6) is 5.75 Å². The Morgan fingerprint density at radius 1 is 1.21 bits per heavy atom. The van der Waals surface area contributed by atoms with E-state index < -0.39 is 0 Å². The van der Waals surface area contributed by atoms with Gasteiger partial charge in [-0.1, -0.05) is 49.6 Å². The largest absolute Gasteiger partial charge is 0.493 e. The summed E-state index contributed by atoms with van der Waals surface area (Å²) >= 11 is 4.80. The summed E-state index contributed by atoms with van der Waals surface area (Å²) < 4.78 is 6.16. The van der Waals surface area contributed by atoms with Gasteiger partial charge in [0.1, 0.15) is 5.75 Å². The fraction of sp³-hybridized carbons (Fsp3) is 0.368. The fourth-order valence-corrected chi connectivity index (χ4v) is 3.31. The van der Waals surface area contributed by atoms with Crippen molar-refractivity contribution >= 4 is 34.3 Å². The number of ether oxygens (including phenoxy) is 1. The summed E-state index contributed by atoms with van der Waals surface area (Å²) in [5.74, 6) is 1.51. The second-order valence-electron chi connectivity index (χ2n) is 6.25. The Kier molecular flexibility index (Phi) is 5.64. The smallest absolute Gasteiger partial charge is 0.184 e. The van der Waals surface area contributed by atoms with Crippen molar-refractivity contribution in [2.24, 2.45) is 16.8 Å². The number of nitrogens with two attached hydrogens (primary N) is 1. The molecule has 0 heterocycles. The molecule has 0 radical (unpaired) electrons. The number of nitrogens with zero attached hydrogens (tertiary/aromatic N) is 1. The van der Waals surface area contributed by atoms with Crippen molar-refractivity contribution in [2.45, 2.75) is 32.1 Å². The zero-order chi connectivity index (χ0) is 16.8. The second kappa shape index (κ2) is 8.11. The Bertz CT molecular complexity index is 738. The molecule has 1 aliphatic rings. The van der Waals surface area contributed by atoms with Gasteiger partial charge in [0.15, 0.2) is 5.11 Å². The Balaban J connectivity index is 1.84. The predicted molar refractivity (Wildman–Crippen MR) is 104 cm³/mol. The summed E-state index contributed by atoms with van der Waals surface area (Å²) in [4.78, 5) is 0. The van der Waals surface area contributed by atoms with E-state index in [0.29, 0.717) is 5.92 Å². The fourth-order valence-electron chi connectivity index (χ4n) is 3.26. The van der Waals surface area contributed by atoms with E-state index in [1.54, 1.807) is 6.21 Å². The number of hydrogen-bond donors (Lipinski definition) is 2. The van der Waals surface area contributed by atoms with Gasteiger partial charge >= 0.3 is 0 Å². The standard InChI is InChI=1S/C19H23N3OS/c20-19(24)22-21-12-17-16-9-5-4-8-15(16)10-11-18(17)23-13-14-6-2-1-3-7-14/h4-5,8-12,14H,1-3,6-7,13H2,(H3,20,22,24)/b21-12+. The van der Waals surface area contributed by atoms with Crippen LogP contribution in [0.3, 0.4) is 0 Å². The van der Waals surface area contributed by atoms with Gasteiger partial charge in [0, 0.05) is 5.56 Å². The van der Waals surface area contributed by atoms with E-state index in [-0.39, 0.29) is 5.11 Å². The summed E-state index contributed by atoms with van der Waals surface area (Å²) in [6.07, 6.45) is 8.25. The molecule has 2 aromatic rings. The van der Waals surface area contributed by atoms with E-state index in [1.807, 2.05) is 18.2 Å². The monoisotopic (exact) mass is 341 g/mol. The first-order valence-electron chi connectivity index (χ1n) is 8.47. The third-order valence-electron chi connectivity index (χ3n) is 4.50. The van der Waals surface area contributed by atoms with Crippen LogP contribution < -0.4 is 15.9 Å². The van der Waals surface area contributed by atoms with Crippen LogP contribution in [0, 0.1) is 5.92 Å². The number of rotatable bonds is 5. The maximum atomic E-state index is 6.16. The molecular weight excluding hydrogens is 318 g/mol. The number of fused-ring (bicyclic) bond motifs is 1. The summed E-state index contributed by atoms with van der Waals surface area (Å²) in [6, 6.07) is 12.3. The third kappa shape index (κ3) is 4.23. The minimum atomic E-state index is 0.149. The average Bonchev–Trinajstić information content (AvgIpc) is 2.61. The van der Waals surface area contributed by atoms with Crippen LogP contribution >= 0.6 is 12.2 Å². The van der Waals surface area contributed by atoms with Gasteiger partial charge in [-0.25, -0.2) is 0 Å². The van der Waals surface area contributed by atoms with Crippen LogP contribution in [-0.2, 0) is 0 Å². The Hall–Kier alpha value is -2.14. The summed E-state index contributed by atoms with van der Waals surface area (Å²) in [5.41, 5.74) is 9.00. The first kappa shape index (κ1) is 16.7. The molecule has 0 unspecified atom stereocenters. The Morgan fingerprint density at radius 3 is 2.79 bits per heavy atom. The zero-order valence-corrected chi connectivity index (χ0v) is 14.5. The molecule has 1 fully saturated rings. The molecule has 4 nitrogen and oxygen atoms in total. The van der Waals surface area contributed by atoms with Crippen molar-refractivity contribution in [3.63, 3.8) is 0 Å². The molecule has 126 valence electrons. The van der Waals surface area contributed by atoms with Crippen LogP contribution in [0.25, 0.3) is 10.8 Å². The van der Waals surface area contributed by atoms with Crippen LogP contribution in [0.1, 0.15) is 37.7 Å². The Morgan fingerprint density at radius 2 is 2.00 bits per heavy atom. The van der Waals surface area contributed by atoms with Crippen molar-refractivity contribution in [3.05, 3.63) is 42.0 Å². The van der Waals surface area contributed by atoms with Crippen molar-refractivity contribution in [1.82, 2.24) is 5.43 Å². The molecule has 3 N–H and O–H groups in total. The van der Waals surface area contributed by atoms with E-state index in [2.05, 4.69) is 28.7 Å². The zero-order valence-electron chi connectivity index (χ0n) is 13.7. The van der Waals surface area contributed by atoms with Gasteiger partial charge in [-0.2, -0.15) is 5.10 Å². The van der Waals surface area contributed by atoms with Crippen molar-refractivity contribution in [3.8, 4) is 5.75 Å². The van der Waals surface area contributed by atoms with Gasteiger partial charge in [-0.3, -0.25) is 5.43 Å². The van der Waals surface area contributed by atoms with E-state index in [0.717, 1.165) is 28.7 Å². The van der Waals surface area contributed by atoms with E-state index in [1.165, 1.54) is 32.1 Å². The maximum Gasteiger partial charge on any atom is 0.184 e. The van der Waals surface area contributed by atoms with E-state index >= 15 is 0 Å². The molecule has 0 saturated heterocycles. The first-order chi connectivity index (χ1) is 11.7. The minimum absolute atomic E-state index is 0.149. The van der Waals surface area contributed by atoms with Gasteiger partial charge < -0.3 is 10.5 Å². The highest BCUT2D eigenvalue weighted by Crippen LogP contribution is 2.29. The third-order valence-corrected chi connectivity index (χ3v) is 4.59. The Labute approximate surface area is 148 Å². The molecule has 0 spiro atoms. The number of hydrazone groups is 1. The maximum absolute atomic E-state index is 6.16. The summed E-state index contributed by atoms with van der Waals surface area (Å²) in [7, 11) is 0. The highest BCUT2D eigenvalue weighted by Gasteiger charge is 2.15. The van der Waals surface area contributed by atoms with Gasteiger partial charge in [-0.15, -0.1) is 0 Å². The van der Waals surface area contributed by atoms with E-state index in [4.69, 9.17) is 22.7 Å². The molecule has 0 amide bonds. The molecule has 3 rings (SSSR count). The summed E-state index contributed by atoms with van der Waals surface area (Å²) in [6.45, 7) is 0.766. The van der Waals surface area contributed by atoms with Crippen LogP contribution in [0.2, 0.25) is 0 Å². The topological polar surface area (TPSA) is 59.6 Å². The summed E-state index contributed by atoms with van der Waals surface area (Å²) in [5, 5.41) is 6.53. The molecule has 0 aliphatic heterocycles. The number of nitrogens with one attached hydrogen (secondary N) is 1. The molecule has 0 bridgehead atoms. The predicted octanol–water partition coefficient (Wildman–Crippen LogP) is 3.97. The van der Waals surface area contributed by atoms with Crippen LogP contribution in [-0.4, -0.2) is 17.9 Å². The van der Waals surface area contributed by atoms with E-state index in [9.17, 15) is 0 Å². The van der Waals surface area contributed by atoms with Crippen LogP contribution in [0.4, 0.5) is 0 Å². The SMILES string of the molecule is NC(=S)N/N=C/c1c(OCC2CCCCC2)ccc2ccccc12. The van der Waals surface area contributed by atoms with Crippen molar-refractivity contribution in [2.75, 3.05) is 6.61 Å². The normalized spacial score (nSPS) is 15.7. The number of hydrogen-bond acceptors (Lipinski definition) is 3. The van der Waals surface area contributed by atoms with Gasteiger partial charge in [0.25, 0.3) is 0 Å². The minimum Gasteiger partial charge on any atom is -0.493 e. The second-order valence-corrected chi connectivity index (χ2v) is 6.69. The average molecular weight is 341 g/mol. The molecule has 24 heavy (non-hydrogen) atoms. The lowest BCUT2D eigenvalue weighted by atomic mass is 9.90. The number of benzene rings is 2. The van der Waals surface area contributed by atoms with Gasteiger partial charge in [-0.05, 0) is 47.8 Å². The lowest BCUT2D eigenvalue weighted by Gasteiger charge is -2.22. The quantitative estimate of drug-likeness (QED) is 0.491. The van der Waals surface area contributed by atoms with Gasteiger partial charge in [0.05, 0.1) is 12.8 Å². The lowest BCUT2D eigenvalue weighted by Crippen LogP contribution is -2.24. The molecule has 5 heteroatoms. The van der Waals surface area contributed by atoms with Crippen LogP contribution in [0.15, 0.2) is 41.5 Å². The molecule has 1 saturated carbocycles. The first-order valence-corrected chi connectivity index (χ1v) is 8.88. The van der Waals surface area contributed by atoms with Crippen molar-refractivity contribution < 1.29 is 4.74 Å². The molecular formula is C19H23N3OS. The molecule has 2 aromatic carbocycles. The van der Waals surface area contributed by atoms with Gasteiger partial charge in [0.2, 0.25) is 0 Å². The highest BCUT2D eigenvalue weighted by atomic mass is 32.1. The number of thiocarbonyl (C=S) groups is 1. The van der Waals surface area contributed by atoms with Crippen molar-refractivity contribution in [1.29, 1.82) is 0 Å².